The molecule has 3 aromatic carbocycles. The predicted octanol–water partition coefficient (Wildman–Crippen LogP) is 7.38. The summed E-state index contributed by atoms with van der Waals surface area (Å²) in [7, 11) is -2.42. The van der Waals surface area contributed by atoms with Crippen LogP contribution in [-0.2, 0) is 16.4 Å². The monoisotopic (exact) mass is 838 g/mol. The maximum absolute atomic E-state index is 13.9. The van der Waals surface area contributed by atoms with E-state index in [4.69, 9.17) is 16.3 Å². The SMILES string of the molecule is CN1CC2CC1CC2CNc1ccc(S(=O)(=O)NC(=O)c2ccc(N3CCN(C4CCCCc5c(Cl)cccc54)CC3)cc2Oc2cnc3[nH]ccc3c2)cc1[N+](=O)[O-]. The fourth-order valence-corrected chi connectivity index (χ4v) is 11.0. The molecule has 14 nitrogen and oxygen atoms in total. The number of ether oxygens (including phenoxy) is 1. The maximum atomic E-state index is 13.9. The van der Waals surface area contributed by atoms with Crippen molar-refractivity contribution in [1.82, 2.24) is 24.5 Å². The number of piperidine rings is 1. The predicted molar refractivity (Wildman–Crippen MR) is 227 cm³/mol. The minimum Gasteiger partial charge on any atom is -0.455 e. The lowest BCUT2D eigenvalue weighted by atomic mass is 9.94. The van der Waals surface area contributed by atoms with E-state index in [-0.39, 0.29) is 22.7 Å². The van der Waals surface area contributed by atoms with Crippen molar-refractivity contribution in [3.05, 3.63) is 111 Å². The number of nitro benzene ring substituents is 1. The van der Waals surface area contributed by atoms with Gasteiger partial charge in [-0.1, -0.05) is 30.2 Å². The second kappa shape index (κ2) is 16.1. The second-order valence-electron chi connectivity index (χ2n) is 16.3. The summed E-state index contributed by atoms with van der Waals surface area (Å²) in [5, 5.41) is 17.0. The van der Waals surface area contributed by atoms with Gasteiger partial charge in [-0.15, -0.1) is 0 Å². The number of fused-ring (bicyclic) bond motifs is 4. The number of H-pyrrole nitrogens is 1. The molecular weight excluding hydrogens is 792 g/mol. The number of rotatable bonds is 11. The van der Waals surface area contributed by atoms with E-state index >= 15 is 0 Å². The van der Waals surface area contributed by atoms with Gasteiger partial charge in [0, 0.05) is 85.8 Å². The lowest BCUT2D eigenvalue weighted by molar-refractivity contribution is -0.384. The minimum atomic E-state index is -4.54. The Kier molecular flexibility index (Phi) is 10.7. The number of pyridine rings is 1. The maximum Gasteiger partial charge on any atom is 0.293 e. The molecular formula is C43H47ClN8O6S. The summed E-state index contributed by atoms with van der Waals surface area (Å²) >= 11 is 6.65. The molecule has 59 heavy (non-hydrogen) atoms. The molecule has 9 rings (SSSR count). The molecule has 2 aliphatic carbocycles. The zero-order chi connectivity index (χ0) is 40.8. The fraction of sp³-hybridized carbons (Fsp3) is 0.395. The largest absolute Gasteiger partial charge is 0.455 e. The third-order valence-corrected chi connectivity index (χ3v) is 14.5. The van der Waals surface area contributed by atoms with E-state index in [1.54, 1.807) is 30.5 Å². The average Bonchev–Trinajstić information content (AvgIpc) is 3.92. The Hall–Kier alpha value is -5.22. The summed E-state index contributed by atoms with van der Waals surface area (Å²) in [6.07, 6.45) is 9.76. The number of nitrogens with zero attached hydrogens (tertiary/aromatic N) is 5. The van der Waals surface area contributed by atoms with Crippen LogP contribution in [0.15, 0.2) is 84.0 Å². The smallest absolute Gasteiger partial charge is 0.293 e. The summed E-state index contributed by atoms with van der Waals surface area (Å²) in [4.78, 5) is 39.7. The number of hydrogen-bond acceptors (Lipinski definition) is 11. The molecule has 2 aliphatic heterocycles. The number of carbonyl (C=O) groups excluding carboxylic acids is 1. The summed E-state index contributed by atoms with van der Waals surface area (Å²) < 4.78 is 35.9. The van der Waals surface area contributed by atoms with Crippen LogP contribution in [-0.4, -0.2) is 91.4 Å². The van der Waals surface area contributed by atoms with E-state index in [0.29, 0.717) is 41.9 Å². The first-order valence-electron chi connectivity index (χ1n) is 20.3. The van der Waals surface area contributed by atoms with Crippen molar-refractivity contribution in [1.29, 1.82) is 0 Å². The van der Waals surface area contributed by atoms with Gasteiger partial charge < -0.3 is 24.8 Å². The highest BCUT2D eigenvalue weighted by Gasteiger charge is 2.42. The van der Waals surface area contributed by atoms with Crippen LogP contribution >= 0.6 is 11.6 Å². The Morgan fingerprint density at radius 2 is 1.90 bits per heavy atom. The standard InChI is InChI=1S/C43H47ClN8O6S/c1-49-26-29-20-31(49)19-28(29)24-46-38-12-10-33(23-40(38)52(54)55)59(56,57)48-43(53)36-11-9-30(22-41(36)58-32-21-27-13-14-45-42(27)47-25-32)50-15-17-51(18-16-50)39-8-3-2-5-34-35(39)6-4-7-37(34)44/h4,6-7,9-14,21-23,25,28-29,31,39,46H,2-3,5,8,15-20,24,26H2,1H3,(H,45,47)(H,48,53). The summed E-state index contributed by atoms with van der Waals surface area (Å²) in [5.41, 5.74) is 3.88. The van der Waals surface area contributed by atoms with E-state index in [9.17, 15) is 23.3 Å². The Balaban J connectivity index is 0.938. The molecule has 16 heteroatoms. The van der Waals surface area contributed by atoms with Gasteiger partial charge in [-0.3, -0.25) is 19.8 Å². The van der Waals surface area contributed by atoms with Gasteiger partial charge in [0.1, 0.15) is 22.8 Å². The highest BCUT2D eigenvalue weighted by atomic mass is 35.5. The summed E-state index contributed by atoms with van der Waals surface area (Å²) in [6, 6.07) is 19.4. The number of amides is 1. The molecule has 4 unspecified atom stereocenters. The first-order valence-corrected chi connectivity index (χ1v) is 22.2. The van der Waals surface area contributed by atoms with Gasteiger partial charge in [-0.2, -0.15) is 0 Å². The molecule has 308 valence electrons. The quantitative estimate of drug-likeness (QED) is 0.0691. The van der Waals surface area contributed by atoms with Crippen LogP contribution in [0.2, 0.25) is 5.02 Å². The van der Waals surface area contributed by atoms with Crippen molar-refractivity contribution in [3.63, 3.8) is 0 Å². The molecule has 0 radical (unpaired) electrons. The van der Waals surface area contributed by atoms with E-state index in [0.717, 1.165) is 93.4 Å². The number of nitro groups is 1. The van der Waals surface area contributed by atoms with Crippen LogP contribution in [0.3, 0.4) is 0 Å². The molecule has 4 heterocycles. The molecule has 1 saturated carbocycles. The molecule has 1 amide bonds. The van der Waals surface area contributed by atoms with E-state index in [1.165, 1.54) is 29.5 Å². The van der Waals surface area contributed by atoms with E-state index in [1.807, 2.05) is 18.2 Å². The number of likely N-dealkylation sites (tertiary alicyclic amines) is 1. The number of aromatic amines is 1. The number of sulfonamides is 1. The molecule has 5 aromatic rings. The number of piperazine rings is 1. The Bertz CT molecular complexity index is 2520. The van der Waals surface area contributed by atoms with Crippen molar-refractivity contribution >= 4 is 55.6 Å². The van der Waals surface area contributed by atoms with E-state index < -0.39 is 25.7 Å². The Labute approximate surface area is 348 Å². The number of hydrogen-bond donors (Lipinski definition) is 3. The van der Waals surface area contributed by atoms with E-state index in [2.05, 4.69) is 47.8 Å². The van der Waals surface area contributed by atoms with Crippen molar-refractivity contribution < 1.29 is 22.9 Å². The van der Waals surface area contributed by atoms with Crippen molar-refractivity contribution in [2.45, 2.75) is 55.5 Å². The van der Waals surface area contributed by atoms with Gasteiger partial charge in [0.2, 0.25) is 0 Å². The van der Waals surface area contributed by atoms with Crippen molar-refractivity contribution in [2.24, 2.45) is 11.8 Å². The lowest BCUT2D eigenvalue weighted by Crippen LogP contribution is -2.47. The van der Waals surface area contributed by atoms with Gasteiger partial charge in [0.05, 0.1) is 21.6 Å². The molecule has 4 atom stereocenters. The molecule has 2 aromatic heterocycles. The summed E-state index contributed by atoms with van der Waals surface area (Å²) in [6.45, 7) is 4.66. The van der Waals surface area contributed by atoms with Gasteiger partial charge in [-0.25, -0.2) is 18.1 Å². The number of carbonyl (C=O) groups is 1. The van der Waals surface area contributed by atoms with Gasteiger partial charge in [-0.05, 0) is 105 Å². The van der Waals surface area contributed by atoms with Crippen molar-refractivity contribution in [3.8, 4) is 11.5 Å². The topological polar surface area (TPSA) is 166 Å². The molecule has 0 spiro atoms. The number of benzene rings is 3. The van der Waals surface area contributed by atoms with Gasteiger partial charge in [0.25, 0.3) is 21.6 Å². The van der Waals surface area contributed by atoms with Crippen LogP contribution in [0.1, 0.15) is 59.6 Å². The van der Waals surface area contributed by atoms with Crippen LogP contribution in [0.5, 0.6) is 11.5 Å². The van der Waals surface area contributed by atoms with Crippen LogP contribution in [0, 0.1) is 22.0 Å². The molecule has 3 N–H and O–H groups in total. The third kappa shape index (κ3) is 7.96. The number of aromatic nitrogens is 2. The zero-order valence-corrected chi connectivity index (χ0v) is 34.3. The first kappa shape index (κ1) is 39.3. The first-order chi connectivity index (χ1) is 28.5. The lowest BCUT2D eigenvalue weighted by Gasteiger charge is -2.40. The number of halogens is 1. The zero-order valence-electron chi connectivity index (χ0n) is 32.8. The van der Waals surface area contributed by atoms with Gasteiger partial charge in [0.15, 0.2) is 0 Å². The normalized spacial score (nSPS) is 22.2. The van der Waals surface area contributed by atoms with Crippen molar-refractivity contribution in [2.75, 3.05) is 56.5 Å². The highest BCUT2D eigenvalue weighted by molar-refractivity contribution is 7.90. The van der Waals surface area contributed by atoms with Crippen LogP contribution < -0.4 is 19.7 Å². The molecule has 2 saturated heterocycles. The molecule has 4 aliphatic rings. The fourth-order valence-electron chi connectivity index (χ4n) is 9.69. The Morgan fingerprint density at radius 1 is 1.05 bits per heavy atom. The average molecular weight is 839 g/mol. The number of nitrogens with one attached hydrogen (secondary N) is 3. The Morgan fingerprint density at radius 3 is 2.68 bits per heavy atom. The van der Waals surface area contributed by atoms with Crippen LogP contribution in [0.25, 0.3) is 11.0 Å². The van der Waals surface area contributed by atoms with Crippen LogP contribution in [0.4, 0.5) is 17.1 Å². The third-order valence-electron chi connectivity index (χ3n) is 12.8. The summed E-state index contributed by atoms with van der Waals surface area (Å²) in [5.74, 6) is 0.472. The van der Waals surface area contributed by atoms with Gasteiger partial charge >= 0.3 is 0 Å². The second-order valence-corrected chi connectivity index (χ2v) is 18.4. The number of anilines is 2. The minimum absolute atomic E-state index is 0.0265. The highest BCUT2D eigenvalue weighted by Crippen LogP contribution is 2.42. The molecule has 3 fully saturated rings. The molecule has 2 bridgehead atoms.